The maximum absolute atomic E-state index is 3.56. The van der Waals surface area contributed by atoms with Crippen LogP contribution in [0.5, 0.6) is 0 Å². The second-order valence-corrected chi connectivity index (χ2v) is 6.93. The predicted molar refractivity (Wildman–Crippen MR) is 152 cm³/mol. The van der Waals surface area contributed by atoms with E-state index in [0.29, 0.717) is 0 Å². The van der Waals surface area contributed by atoms with Gasteiger partial charge in [0.2, 0.25) is 0 Å². The van der Waals surface area contributed by atoms with Crippen molar-refractivity contribution in [2.24, 2.45) is 0 Å². The van der Waals surface area contributed by atoms with Crippen LogP contribution in [0.3, 0.4) is 0 Å². The Labute approximate surface area is 203 Å². The molecule has 0 fully saturated rings. The van der Waals surface area contributed by atoms with Crippen LogP contribution in [-0.2, 0) is 6.42 Å². The largest absolute Gasteiger partial charge is 0.0991 e. The molecule has 0 saturated heterocycles. The third kappa shape index (κ3) is 14.9. The third-order valence-corrected chi connectivity index (χ3v) is 4.18. The molecule has 0 heteroatoms. The standard InChI is InChI=1S/C19H16.C7H10.C5H8.C2H6/c1-3-8-16(9-4-1)14-17-10-7-13-19(15-17)18-11-5-2-6-12-18;1-3-5-7-6-4-2;1-4-5(2)3;1-2/h1-13,15H,14H2;3-7H,1H2,2H3;4H,1-2H2,3H3;1-2H3/b;6-4-,7-5-;;. The summed E-state index contributed by atoms with van der Waals surface area (Å²) < 4.78 is 0. The molecule has 0 unspecified atom stereocenters. The van der Waals surface area contributed by atoms with E-state index in [0.717, 1.165) is 12.0 Å². The molecule has 0 heterocycles. The van der Waals surface area contributed by atoms with Gasteiger partial charge in [-0.05, 0) is 42.5 Å². The van der Waals surface area contributed by atoms with E-state index >= 15 is 0 Å². The number of benzene rings is 3. The third-order valence-electron chi connectivity index (χ3n) is 4.18. The Morgan fingerprint density at radius 2 is 1.21 bits per heavy atom. The zero-order chi connectivity index (χ0) is 24.7. The molecular formula is C33H40. The van der Waals surface area contributed by atoms with Crippen LogP contribution in [0.25, 0.3) is 11.1 Å². The molecule has 0 spiro atoms. The van der Waals surface area contributed by atoms with E-state index in [4.69, 9.17) is 0 Å². The molecular weight excluding hydrogens is 396 g/mol. The topological polar surface area (TPSA) is 0 Å². The summed E-state index contributed by atoms with van der Waals surface area (Å²) >= 11 is 0. The van der Waals surface area contributed by atoms with Gasteiger partial charge in [-0.25, -0.2) is 0 Å². The van der Waals surface area contributed by atoms with Crippen LogP contribution in [-0.4, -0.2) is 0 Å². The van der Waals surface area contributed by atoms with Gasteiger partial charge >= 0.3 is 0 Å². The predicted octanol–water partition coefficient (Wildman–Crippen LogP) is 10.0. The van der Waals surface area contributed by atoms with Crippen LogP contribution in [0.1, 0.15) is 38.8 Å². The molecule has 3 aromatic carbocycles. The van der Waals surface area contributed by atoms with E-state index in [1.807, 2.05) is 52.0 Å². The van der Waals surface area contributed by atoms with Gasteiger partial charge in [0.25, 0.3) is 0 Å². The van der Waals surface area contributed by atoms with Gasteiger partial charge in [-0.15, -0.1) is 0 Å². The fraction of sp³-hybridized carbons (Fsp3) is 0.152. The first-order valence-corrected chi connectivity index (χ1v) is 11.5. The lowest BCUT2D eigenvalue weighted by Gasteiger charge is -2.06. The van der Waals surface area contributed by atoms with E-state index in [2.05, 4.69) is 105 Å². The maximum atomic E-state index is 3.56. The van der Waals surface area contributed by atoms with Gasteiger partial charge in [0.15, 0.2) is 0 Å². The summed E-state index contributed by atoms with van der Waals surface area (Å²) in [7, 11) is 0. The van der Waals surface area contributed by atoms with Gasteiger partial charge in [0.1, 0.15) is 0 Å². The summed E-state index contributed by atoms with van der Waals surface area (Å²) in [4.78, 5) is 0. The van der Waals surface area contributed by atoms with Crippen molar-refractivity contribution in [1.29, 1.82) is 0 Å². The van der Waals surface area contributed by atoms with Crippen LogP contribution in [0.15, 0.2) is 147 Å². The van der Waals surface area contributed by atoms with Gasteiger partial charge in [-0.2, -0.15) is 0 Å². The minimum Gasteiger partial charge on any atom is -0.0991 e. The molecule has 0 radical (unpaired) electrons. The Morgan fingerprint density at radius 1 is 0.697 bits per heavy atom. The van der Waals surface area contributed by atoms with E-state index in [-0.39, 0.29) is 0 Å². The van der Waals surface area contributed by atoms with Gasteiger partial charge in [0.05, 0.1) is 0 Å². The molecule has 3 aromatic rings. The smallest absolute Gasteiger partial charge is 0.00256 e. The molecule has 0 nitrogen and oxygen atoms in total. The molecule has 33 heavy (non-hydrogen) atoms. The summed E-state index contributed by atoms with van der Waals surface area (Å²) in [5.74, 6) is 0. The second kappa shape index (κ2) is 20.3. The minimum absolute atomic E-state index is 0.988. The van der Waals surface area contributed by atoms with Crippen molar-refractivity contribution in [2.45, 2.75) is 34.1 Å². The van der Waals surface area contributed by atoms with Crippen LogP contribution in [0.4, 0.5) is 0 Å². The van der Waals surface area contributed by atoms with Crippen LogP contribution < -0.4 is 0 Å². The van der Waals surface area contributed by atoms with E-state index in [1.54, 1.807) is 12.2 Å². The normalized spacial score (nSPS) is 9.45. The van der Waals surface area contributed by atoms with Crippen molar-refractivity contribution in [2.75, 3.05) is 0 Å². The molecule has 0 amide bonds. The molecule has 0 aliphatic heterocycles. The first-order valence-electron chi connectivity index (χ1n) is 11.5. The highest BCUT2D eigenvalue weighted by Crippen LogP contribution is 2.21. The van der Waals surface area contributed by atoms with Crippen molar-refractivity contribution >= 4 is 0 Å². The summed E-state index contributed by atoms with van der Waals surface area (Å²) in [6, 6.07) is 29.9. The molecule has 0 aromatic heterocycles. The lowest BCUT2D eigenvalue weighted by atomic mass is 9.99. The monoisotopic (exact) mass is 436 g/mol. The van der Waals surface area contributed by atoms with Gasteiger partial charge in [0, 0.05) is 0 Å². The molecule has 0 N–H and O–H groups in total. The first kappa shape index (κ1) is 29.4. The molecule has 0 bridgehead atoms. The van der Waals surface area contributed by atoms with Crippen LogP contribution in [0, 0.1) is 0 Å². The summed E-state index contributed by atoms with van der Waals surface area (Å²) in [6.45, 7) is 18.4. The second-order valence-electron chi connectivity index (χ2n) is 6.93. The van der Waals surface area contributed by atoms with Crippen molar-refractivity contribution in [3.05, 3.63) is 158 Å². The number of hydrogen-bond donors (Lipinski definition) is 0. The fourth-order valence-electron chi connectivity index (χ4n) is 2.58. The fourth-order valence-corrected chi connectivity index (χ4v) is 2.58. The molecule has 0 atom stereocenters. The Hall–Kier alpha value is -3.64. The van der Waals surface area contributed by atoms with Gasteiger partial charge in [-0.3, -0.25) is 0 Å². The van der Waals surface area contributed by atoms with E-state index in [1.165, 1.54) is 22.3 Å². The van der Waals surface area contributed by atoms with Crippen LogP contribution >= 0.6 is 0 Å². The highest BCUT2D eigenvalue weighted by molar-refractivity contribution is 5.64. The van der Waals surface area contributed by atoms with E-state index in [9.17, 15) is 0 Å². The van der Waals surface area contributed by atoms with Crippen molar-refractivity contribution in [3.8, 4) is 11.1 Å². The molecule has 0 aliphatic rings. The molecule has 0 saturated carbocycles. The lowest BCUT2D eigenvalue weighted by Crippen LogP contribution is -1.88. The average molecular weight is 437 g/mol. The van der Waals surface area contributed by atoms with E-state index < -0.39 is 0 Å². The zero-order valence-corrected chi connectivity index (χ0v) is 20.9. The summed E-state index contributed by atoms with van der Waals surface area (Å²) in [5, 5.41) is 0. The number of rotatable bonds is 6. The van der Waals surface area contributed by atoms with Crippen molar-refractivity contribution in [3.63, 3.8) is 0 Å². The summed E-state index contributed by atoms with van der Waals surface area (Å²) in [6.07, 6.45) is 12.2. The van der Waals surface area contributed by atoms with Crippen molar-refractivity contribution in [1.82, 2.24) is 0 Å². The Kier molecular flexibility index (Phi) is 18.0. The SMILES string of the molecule is C=C/C=C\C=C/C.C=CC(=C)C.CC.c1ccc(Cc2cccc(-c3ccccc3)c2)cc1. The molecule has 3 rings (SSSR count). The molecule has 0 aliphatic carbocycles. The lowest BCUT2D eigenvalue weighted by molar-refractivity contribution is 1.19. The number of allylic oxidation sites excluding steroid dienone is 7. The average Bonchev–Trinajstić information content (AvgIpc) is 2.88. The highest BCUT2D eigenvalue weighted by Gasteiger charge is 2.00. The summed E-state index contributed by atoms with van der Waals surface area (Å²) in [5.41, 5.74) is 6.29. The minimum atomic E-state index is 0.988. The maximum Gasteiger partial charge on any atom is -0.00256 e. The quantitative estimate of drug-likeness (QED) is 0.337. The Bertz CT molecular complexity index is 957. The molecule has 172 valence electrons. The highest BCUT2D eigenvalue weighted by atomic mass is 14.0. The Morgan fingerprint density at radius 3 is 1.73 bits per heavy atom. The number of hydrogen-bond acceptors (Lipinski definition) is 0. The Balaban J connectivity index is 0.000000610. The van der Waals surface area contributed by atoms with Crippen LogP contribution in [0.2, 0.25) is 0 Å². The van der Waals surface area contributed by atoms with Gasteiger partial charge < -0.3 is 0 Å². The first-order chi connectivity index (χ1) is 16.1. The van der Waals surface area contributed by atoms with Crippen molar-refractivity contribution < 1.29 is 0 Å². The van der Waals surface area contributed by atoms with Gasteiger partial charge in [-0.1, -0.05) is 161 Å². The zero-order valence-electron chi connectivity index (χ0n) is 20.9.